The number of alkyl halides is 3. The number of halogens is 3. The average molecular weight is 427 g/mol. The number of aromatic amines is 1. The standard InChI is InChI=1S/C21H16F3N5O2/c22-21(23,24)13-6-3-5-12(11-13)18-25-19(31-28-18)16-9-4-10-29(16)20(30)17-14-7-1-2-8-15(14)26-27-17/h1-3,5-8,11,16H,4,9-10H2,(H,26,27)/t16-/m0/s1. The molecule has 1 atom stereocenters. The Morgan fingerprint density at radius 1 is 1.16 bits per heavy atom. The van der Waals surface area contributed by atoms with Crippen molar-refractivity contribution < 1.29 is 22.5 Å². The fraction of sp³-hybridized carbons (Fsp3) is 0.238. The molecule has 1 amide bonds. The predicted octanol–water partition coefficient (Wildman–Crippen LogP) is 4.61. The Balaban J connectivity index is 1.43. The van der Waals surface area contributed by atoms with Crippen LogP contribution in [0.25, 0.3) is 22.3 Å². The first-order valence-electron chi connectivity index (χ1n) is 9.67. The third kappa shape index (κ3) is 3.43. The van der Waals surface area contributed by atoms with Crippen LogP contribution in [0.15, 0.2) is 53.1 Å². The Labute approximate surface area is 173 Å². The third-order valence-corrected chi connectivity index (χ3v) is 5.36. The van der Waals surface area contributed by atoms with Crippen molar-refractivity contribution in [2.45, 2.75) is 25.1 Å². The number of carbonyl (C=O) groups is 1. The van der Waals surface area contributed by atoms with Crippen molar-refractivity contribution in [2.75, 3.05) is 6.54 Å². The van der Waals surface area contributed by atoms with E-state index in [0.29, 0.717) is 24.0 Å². The second-order valence-corrected chi connectivity index (χ2v) is 7.31. The fourth-order valence-corrected chi connectivity index (χ4v) is 3.85. The molecule has 5 rings (SSSR count). The number of H-pyrrole nitrogens is 1. The molecule has 1 aliphatic heterocycles. The molecule has 0 saturated carbocycles. The third-order valence-electron chi connectivity index (χ3n) is 5.36. The largest absolute Gasteiger partial charge is 0.416 e. The lowest BCUT2D eigenvalue weighted by molar-refractivity contribution is -0.137. The highest BCUT2D eigenvalue weighted by Gasteiger charge is 2.36. The molecule has 0 radical (unpaired) electrons. The maximum Gasteiger partial charge on any atom is 0.416 e. The molecule has 2 aromatic heterocycles. The lowest BCUT2D eigenvalue weighted by Crippen LogP contribution is -2.31. The molecule has 1 fully saturated rings. The van der Waals surface area contributed by atoms with Crippen LogP contribution in [0.1, 0.15) is 40.8 Å². The van der Waals surface area contributed by atoms with Gasteiger partial charge in [-0.1, -0.05) is 35.5 Å². The number of benzene rings is 2. The second kappa shape index (κ2) is 7.22. The maximum atomic E-state index is 13.2. The van der Waals surface area contributed by atoms with Crippen LogP contribution in [-0.2, 0) is 6.18 Å². The number of likely N-dealkylation sites (tertiary alicyclic amines) is 1. The Kier molecular flexibility index (Phi) is 4.49. The molecule has 4 aromatic rings. The Morgan fingerprint density at radius 3 is 2.84 bits per heavy atom. The number of amides is 1. The summed E-state index contributed by atoms with van der Waals surface area (Å²) < 4.78 is 44.4. The van der Waals surface area contributed by atoms with Gasteiger partial charge in [0.2, 0.25) is 11.7 Å². The van der Waals surface area contributed by atoms with Crippen LogP contribution in [0.5, 0.6) is 0 Å². The Bertz CT molecular complexity index is 1260. The van der Waals surface area contributed by atoms with Crippen molar-refractivity contribution in [2.24, 2.45) is 0 Å². The molecule has 0 spiro atoms. The van der Waals surface area contributed by atoms with E-state index in [1.54, 1.807) is 4.90 Å². The summed E-state index contributed by atoms with van der Waals surface area (Å²) in [6.45, 7) is 0.492. The summed E-state index contributed by atoms with van der Waals surface area (Å²) >= 11 is 0. The number of nitrogens with zero attached hydrogens (tertiary/aromatic N) is 4. The van der Waals surface area contributed by atoms with Crippen LogP contribution in [0.3, 0.4) is 0 Å². The number of hydrogen-bond acceptors (Lipinski definition) is 5. The van der Waals surface area contributed by atoms with E-state index in [9.17, 15) is 18.0 Å². The molecule has 1 saturated heterocycles. The highest BCUT2D eigenvalue weighted by atomic mass is 19.4. The smallest absolute Gasteiger partial charge is 0.337 e. The van der Waals surface area contributed by atoms with E-state index >= 15 is 0 Å². The molecule has 1 aliphatic rings. The van der Waals surface area contributed by atoms with E-state index in [4.69, 9.17) is 4.52 Å². The lowest BCUT2D eigenvalue weighted by Gasteiger charge is -2.20. The summed E-state index contributed by atoms with van der Waals surface area (Å²) in [5.74, 6) is -0.0255. The van der Waals surface area contributed by atoms with E-state index < -0.39 is 17.8 Å². The number of para-hydroxylation sites is 1. The minimum Gasteiger partial charge on any atom is -0.337 e. The molecule has 0 bridgehead atoms. The van der Waals surface area contributed by atoms with Gasteiger partial charge in [0.1, 0.15) is 6.04 Å². The van der Waals surface area contributed by atoms with Gasteiger partial charge in [-0.05, 0) is 31.0 Å². The van der Waals surface area contributed by atoms with Crippen LogP contribution in [-0.4, -0.2) is 37.7 Å². The molecule has 10 heteroatoms. The molecule has 158 valence electrons. The van der Waals surface area contributed by atoms with E-state index in [1.807, 2.05) is 24.3 Å². The second-order valence-electron chi connectivity index (χ2n) is 7.31. The van der Waals surface area contributed by atoms with Gasteiger partial charge >= 0.3 is 6.18 Å². The van der Waals surface area contributed by atoms with Crippen molar-refractivity contribution in [3.63, 3.8) is 0 Å². The fourth-order valence-electron chi connectivity index (χ4n) is 3.85. The van der Waals surface area contributed by atoms with E-state index in [2.05, 4.69) is 20.3 Å². The van der Waals surface area contributed by atoms with Gasteiger partial charge in [0.15, 0.2) is 5.69 Å². The maximum absolute atomic E-state index is 13.2. The average Bonchev–Trinajstić information content (AvgIpc) is 3.51. The zero-order valence-corrected chi connectivity index (χ0v) is 16.1. The summed E-state index contributed by atoms with van der Waals surface area (Å²) in [4.78, 5) is 19.1. The molecule has 0 unspecified atom stereocenters. The summed E-state index contributed by atoms with van der Waals surface area (Å²) in [6, 6.07) is 11.6. The molecule has 31 heavy (non-hydrogen) atoms. The molecule has 3 heterocycles. The Morgan fingerprint density at radius 2 is 2.00 bits per heavy atom. The number of rotatable bonds is 3. The normalized spacial score (nSPS) is 16.9. The summed E-state index contributed by atoms with van der Waals surface area (Å²) in [5, 5.41) is 11.6. The van der Waals surface area contributed by atoms with Crippen LogP contribution in [0, 0.1) is 0 Å². The van der Waals surface area contributed by atoms with Gasteiger partial charge in [0, 0.05) is 17.5 Å². The van der Waals surface area contributed by atoms with Gasteiger partial charge in [-0.25, -0.2) is 0 Å². The molecular formula is C21H16F3N5O2. The van der Waals surface area contributed by atoms with Crippen molar-refractivity contribution in [1.29, 1.82) is 0 Å². The van der Waals surface area contributed by atoms with Crippen molar-refractivity contribution >= 4 is 16.8 Å². The minimum absolute atomic E-state index is 0.0469. The number of carbonyl (C=O) groups excluding carboxylic acids is 1. The monoisotopic (exact) mass is 427 g/mol. The summed E-state index contributed by atoms with van der Waals surface area (Å²) in [7, 11) is 0. The zero-order chi connectivity index (χ0) is 21.6. The van der Waals surface area contributed by atoms with E-state index in [0.717, 1.165) is 24.1 Å². The van der Waals surface area contributed by atoms with Crippen molar-refractivity contribution in [1.82, 2.24) is 25.2 Å². The van der Waals surface area contributed by atoms with Gasteiger partial charge in [0.25, 0.3) is 5.91 Å². The van der Waals surface area contributed by atoms with E-state index in [-0.39, 0.29) is 23.2 Å². The predicted molar refractivity (Wildman–Crippen MR) is 104 cm³/mol. The molecule has 7 nitrogen and oxygen atoms in total. The van der Waals surface area contributed by atoms with Crippen LogP contribution >= 0.6 is 0 Å². The van der Waals surface area contributed by atoms with Gasteiger partial charge < -0.3 is 9.42 Å². The topological polar surface area (TPSA) is 87.9 Å². The van der Waals surface area contributed by atoms with E-state index in [1.165, 1.54) is 12.1 Å². The van der Waals surface area contributed by atoms with Gasteiger partial charge in [-0.3, -0.25) is 9.89 Å². The summed E-state index contributed by atoms with van der Waals surface area (Å²) in [6.07, 6.45) is -3.12. The molecular weight excluding hydrogens is 411 g/mol. The SMILES string of the molecule is O=C(c1n[nH]c2ccccc12)N1CCC[C@H]1c1nc(-c2cccc(C(F)(F)F)c2)no1. The lowest BCUT2D eigenvalue weighted by atomic mass is 10.1. The van der Waals surface area contributed by atoms with Gasteiger partial charge in [-0.15, -0.1) is 0 Å². The molecule has 2 aromatic carbocycles. The minimum atomic E-state index is -4.47. The highest BCUT2D eigenvalue weighted by Crippen LogP contribution is 2.35. The Hall–Kier alpha value is -3.69. The quantitative estimate of drug-likeness (QED) is 0.516. The van der Waals surface area contributed by atoms with Crippen molar-refractivity contribution in [3.8, 4) is 11.4 Å². The number of aromatic nitrogens is 4. The van der Waals surface area contributed by atoms with Gasteiger partial charge in [-0.2, -0.15) is 23.3 Å². The number of nitrogens with one attached hydrogen (secondary N) is 1. The molecule has 1 N–H and O–H groups in total. The first-order chi connectivity index (χ1) is 14.9. The van der Waals surface area contributed by atoms with Crippen LogP contribution in [0.2, 0.25) is 0 Å². The first kappa shape index (κ1) is 19.3. The number of fused-ring (bicyclic) bond motifs is 1. The zero-order valence-electron chi connectivity index (χ0n) is 16.1. The molecule has 0 aliphatic carbocycles. The number of hydrogen-bond donors (Lipinski definition) is 1. The van der Waals surface area contributed by atoms with Crippen LogP contribution in [0.4, 0.5) is 13.2 Å². The first-order valence-corrected chi connectivity index (χ1v) is 9.67. The van der Waals surface area contributed by atoms with Crippen LogP contribution < -0.4 is 0 Å². The van der Waals surface area contributed by atoms with Gasteiger partial charge in [0.05, 0.1) is 11.1 Å². The highest BCUT2D eigenvalue weighted by molar-refractivity contribution is 6.04. The van der Waals surface area contributed by atoms with Crippen molar-refractivity contribution in [3.05, 3.63) is 65.7 Å². The summed E-state index contributed by atoms with van der Waals surface area (Å²) in [5.41, 5.74) is 0.463.